The first-order valence-corrected chi connectivity index (χ1v) is 7.89. The van der Waals surface area contributed by atoms with E-state index >= 15 is 0 Å². The van der Waals surface area contributed by atoms with Gasteiger partial charge in [0.1, 0.15) is 0 Å². The van der Waals surface area contributed by atoms with E-state index in [0.717, 1.165) is 19.6 Å². The molecule has 0 bridgehead atoms. The zero-order valence-electron chi connectivity index (χ0n) is 12.1. The second-order valence-corrected chi connectivity index (χ2v) is 5.99. The molecule has 106 valence electrons. The summed E-state index contributed by atoms with van der Waals surface area (Å²) in [5.41, 5.74) is 2.65. The maximum Gasteiger partial charge on any atom is 0.0378 e. The van der Waals surface area contributed by atoms with Crippen LogP contribution in [0, 0.1) is 0 Å². The fourth-order valence-corrected chi connectivity index (χ4v) is 3.25. The number of benzene rings is 1. The van der Waals surface area contributed by atoms with Crippen molar-refractivity contribution in [2.75, 3.05) is 44.7 Å². The number of anilines is 1. The molecular formula is C15H24BrN3. The second kappa shape index (κ2) is 6.73. The van der Waals surface area contributed by atoms with Crippen LogP contribution in [0.15, 0.2) is 22.7 Å². The third kappa shape index (κ3) is 3.50. The molecule has 1 atom stereocenters. The Labute approximate surface area is 125 Å². The predicted molar refractivity (Wildman–Crippen MR) is 85.9 cm³/mol. The van der Waals surface area contributed by atoms with Gasteiger partial charge in [-0.25, -0.2) is 0 Å². The van der Waals surface area contributed by atoms with Crippen LogP contribution >= 0.6 is 15.9 Å². The van der Waals surface area contributed by atoms with Crippen LogP contribution in [-0.2, 0) is 0 Å². The van der Waals surface area contributed by atoms with Gasteiger partial charge in [-0.3, -0.25) is 0 Å². The first-order chi connectivity index (χ1) is 9.15. The molecule has 4 heteroatoms. The van der Waals surface area contributed by atoms with Gasteiger partial charge < -0.3 is 15.1 Å². The highest BCUT2D eigenvalue weighted by Crippen LogP contribution is 2.28. The van der Waals surface area contributed by atoms with Crippen LogP contribution in [0.5, 0.6) is 0 Å². The SMILES string of the molecule is CCN1CCN(c2ccc(C(C)NC)c(Br)c2)CC1. The van der Waals surface area contributed by atoms with Crippen LogP contribution in [0.2, 0.25) is 0 Å². The van der Waals surface area contributed by atoms with Crippen LogP contribution in [0.3, 0.4) is 0 Å². The van der Waals surface area contributed by atoms with E-state index < -0.39 is 0 Å². The smallest absolute Gasteiger partial charge is 0.0378 e. The minimum Gasteiger partial charge on any atom is -0.369 e. The molecule has 0 amide bonds. The molecule has 1 aromatic rings. The van der Waals surface area contributed by atoms with Gasteiger partial charge in [0.2, 0.25) is 0 Å². The Morgan fingerprint density at radius 2 is 1.95 bits per heavy atom. The van der Waals surface area contributed by atoms with E-state index in [9.17, 15) is 0 Å². The van der Waals surface area contributed by atoms with Crippen molar-refractivity contribution in [2.24, 2.45) is 0 Å². The van der Waals surface area contributed by atoms with Gasteiger partial charge in [0.15, 0.2) is 0 Å². The third-order valence-corrected chi connectivity index (χ3v) is 4.75. The van der Waals surface area contributed by atoms with Crippen molar-refractivity contribution in [2.45, 2.75) is 19.9 Å². The lowest BCUT2D eigenvalue weighted by Gasteiger charge is -2.35. The Morgan fingerprint density at radius 3 is 2.47 bits per heavy atom. The molecule has 1 aliphatic rings. The molecule has 19 heavy (non-hydrogen) atoms. The van der Waals surface area contributed by atoms with Crippen LogP contribution in [0.4, 0.5) is 5.69 Å². The quantitative estimate of drug-likeness (QED) is 0.918. The predicted octanol–water partition coefficient (Wildman–Crippen LogP) is 2.87. The standard InChI is InChI=1S/C15H24BrN3/c1-4-18-7-9-19(10-8-18)13-5-6-14(12(2)17-3)15(16)11-13/h5-6,11-12,17H,4,7-10H2,1-3H3. The maximum atomic E-state index is 3.70. The molecule has 1 unspecified atom stereocenters. The van der Waals surface area contributed by atoms with Crippen LogP contribution < -0.4 is 10.2 Å². The second-order valence-electron chi connectivity index (χ2n) is 5.14. The van der Waals surface area contributed by atoms with E-state index in [1.54, 1.807) is 0 Å². The summed E-state index contributed by atoms with van der Waals surface area (Å²) in [6.07, 6.45) is 0. The van der Waals surface area contributed by atoms with Gasteiger partial charge in [0.25, 0.3) is 0 Å². The minimum atomic E-state index is 0.375. The van der Waals surface area contributed by atoms with Gasteiger partial charge >= 0.3 is 0 Å². The molecule has 1 fully saturated rings. The Balaban J connectivity index is 2.08. The molecule has 0 spiro atoms. The third-order valence-electron chi connectivity index (χ3n) is 4.07. The zero-order chi connectivity index (χ0) is 13.8. The van der Waals surface area contributed by atoms with Gasteiger partial charge in [-0.1, -0.05) is 28.9 Å². The van der Waals surface area contributed by atoms with Crippen molar-refractivity contribution >= 4 is 21.6 Å². The number of nitrogens with zero attached hydrogens (tertiary/aromatic N) is 2. The molecule has 1 heterocycles. The summed E-state index contributed by atoms with van der Waals surface area (Å²) in [6.45, 7) is 10.2. The molecule has 1 saturated heterocycles. The number of hydrogen-bond acceptors (Lipinski definition) is 3. The van der Waals surface area contributed by atoms with Crippen LogP contribution in [-0.4, -0.2) is 44.7 Å². The molecular weight excluding hydrogens is 302 g/mol. The van der Waals surface area contributed by atoms with Crippen molar-refractivity contribution in [1.82, 2.24) is 10.2 Å². The number of likely N-dealkylation sites (N-methyl/N-ethyl adjacent to an activating group) is 1. The summed E-state index contributed by atoms with van der Waals surface area (Å²) in [5, 5.41) is 3.28. The van der Waals surface area contributed by atoms with E-state index in [2.05, 4.69) is 63.1 Å². The Bertz CT molecular complexity index is 414. The fraction of sp³-hybridized carbons (Fsp3) is 0.600. The summed E-state index contributed by atoms with van der Waals surface area (Å²) in [4.78, 5) is 4.98. The summed E-state index contributed by atoms with van der Waals surface area (Å²) in [7, 11) is 2.00. The van der Waals surface area contributed by atoms with Crippen molar-refractivity contribution in [3.63, 3.8) is 0 Å². The lowest BCUT2D eigenvalue weighted by atomic mass is 10.1. The maximum absolute atomic E-state index is 3.70. The molecule has 0 saturated carbocycles. The summed E-state index contributed by atoms with van der Waals surface area (Å²) in [5.74, 6) is 0. The van der Waals surface area contributed by atoms with Gasteiger partial charge in [-0.15, -0.1) is 0 Å². The highest BCUT2D eigenvalue weighted by atomic mass is 79.9. The van der Waals surface area contributed by atoms with Crippen molar-refractivity contribution in [3.05, 3.63) is 28.2 Å². The summed E-state index contributed by atoms with van der Waals surface area (Å²) in [6, 6.07) is 7.10. The molecule has 1 N–H and O–H groups in total. The Kier molecular flexibility index (Phi) is 5.25. The molecule has 0 radical (unpaired) electrons. The van der Waals surface area contributed by atoms with Crippen LogP contribution in [0.1, 0.15) is 25.5 Å². The van der Waals surface area contributed by atoms with E-state index in [1.807, 2.05) is 7.05 Å². The first kappa shape index (κ1) is 14.8. The van der Waals surface area contributed by atoms with Crippen molar-refractivity contribution in [1.29, 1.82) is 0 Å². The lowest BCUT2D eigenvalue weighted by Crippen LogP contribution is -2.46. The van der Waals surface area contributed by atoms with E-state index in [4.69, 9.17) is 0 Å². The average Bonchev–Trinajstić information content (AvgIpc) is 2.46. The summed E-state index contributed by atoms with van der Waals surface area (Å²) >= 11 is 3.70. The first-order valence-electron chi connectivity index (χ1n) is 7.09. The Morgan fingerprint density at radius 1 is 1.26 bits per heavy atom. The normalized spacial score (nSPS) is 18.6. The monoisotopic (exact) mass is 325 g/mol. The number of hydrogen-bond donors (Lipinski definition) is 1. The Hall–Kier alpha value is -0.580. The van der Waals surface area contributed by atoms with Crippen molar-refractivity contribution < 1.29 is 0 Å². The van der Waals surface area contributed by atoms with Gasteiger partial charge in [0.05, 0.1) is 0 Å². The molecule has 1 aliphatic heterocycles. The topological polar surface area (TPSA) is 18.5 Å². The zero-order valence-corrected chi connectivity index (χ0v) is 13.7. The molecule has 0 aromatic heterocycles. The van der Waals surface area contributed by atoms with Gasteiger partial charge in [0, 0.05) is 42.4 Å². The largest absolute Gasteiger partial charge is 0.369 e. The molecule has 0 aliphatic carbocycles. The number of piperazine rings is 1. The number of halogens is 1. The fourth-order valence-electron chi connectivity index (χ4n) is 2.54. The van der Waals surface area contributed by atoms with E-state index in [1.165, 1.54) is 28.8 Å². The van der Waals surface area contributed by atoms with Crippen molar-refractivity contribution in [3.8, 4) is 0 Å². The molecule has 2 rings (SSSR count). The van der Waals surface area contributed by atoms with Gasteiger partial charge in [-0.2, -0.15) is 0 Å². The average molecular weight is 326 g/mol. The highest BCUT2D eigenvalue weighted by molar-refractivity contribution is 9.10. The van der Waals surface area contributed by atoms with Gasteiger partial charge in [-0.05, 0) is 38.2 Å². The lowest BCUT2D eigenvalue weighted by molar-refractivity contribution is 0.271. The number of nitrogens with one attached hydrogen (secondary N) is 1. The van der Waals surface area contributed by atoms with E-state index in [0.29, 0.717) is 6.04 Å². The molecule has 1 aromatic carbocycles. The number of rotatable bonds is 4. The van der Waals surface area contributed by atoms with Crippen LogP contribution in [0.25, 0.3) is 0 Å². The summed E-state index contributed by atoms with van der Waals surface area (Å²) < 4.78 is 1.20. The minimum absolute atomic E-state index is 0.375. The van der Waals surface area contributed by atoms with E-state index in [-0.39, 0.29) is 0 Å². The highest BCUT2D eigenvalue weighted by Gasteiger charge is 2.17. The molecule has 3 nitrogen and oxygen atoms in total.